The van der Waals surface area contributed by atoms with Gasteiger partial charge in [-0.2, -0.15) is 13.2 Å². The van der Waals surface area contributed by atoms with Crippen molar-refractivity contribution < 1.29 is 13.2 Å². The quantitative estimate of drug-likeness (QED) is 0.794. The number of rotatable bonds is 4. The second-order valence-corrected chi connectivity index (χ2v) is 3.42. The van der Waals surface area contributed by atoms with E-state index in [0.717, 1.165) is 5.56 Å². The summed E-state index contributed by atoms with van der Waals surface area (Å²) in [5.41, 5.74) is 0.761. The molecular formula is C10H11ClF3N. The van der Waals surface area contributed by atoms with Gasteiger partial charge in [-0.25, -0.2) is 0 Å². The van der Waals surface area contributed by atoms with E-state index >= 15 is 0 Å². The van der Waals surface area contributed by atoms with Crippen LogP contribution in [0.2, 0.25) is 0 Å². The van der Waals surface area contributed by atoms with Crippen LogP contribution in [-0.2, 0) is 0 Å². The van der Waals surface area contributed by atoms with Gasteiger partial charge in [-0.15, -0.1) is 11.6 Å². The Labute approximate surface area is 91.2 Å². The molecule has 5 heteroatoms. The third-order valence-electron chi connectivity index (χ3n) is 1.91. The zero-order valence-electron chi connectivity index (χ0n) is 7.89. The Kier molecular flexibility index (Phi) is 4.42. The van der Waals surface area contributed by atoms with Crippen LogP contribution in [0.5, 0.6) is 0 Å². The minimum Gasteiger partial charge on any atom is -0.301 e. The molecule has 0 radical (unpaired) electrons. The molecule has 1 unspecified atom stereocenters. The Bertz CT molecular complexity index is 286. The normalized spacial score (nSPS) is 13.9. The van der Waals surface area contributed by atoms with Gasteiger partial charge in [-0.1, -0.05) is 30.3 Å². The summed E-state index contributed by atoms with van der Waals surface area (Å²) < 4.78 is 35.9. The van der Waals surface area contributed by atoms with E-state index in [0.29, 0.717) is 0 Å². The second kappa shape index (κ2) is 5.37. The molecule has 0 aliphatic heterocycles. The van der Waals surface area contributed by atoms with Gasteiger partial charge in [0.2, 0.25) is 0 Å². The standard InChI is InChI=1S/C10H11ClF3N/c11-6-9(15-7-10(12,13)14)8-4-2-1-3-5-8/h1-5,9,15H,6-7H2. The maximum atomic E-state index is 12.0. The molecule has 0 spiro atoms. The lowest BCUT2D eigenvalue weighted by molar-refractivity contribution is -0.126. The van der Waals surface area contributed by atoms with Crippen molar-refractivity contribution in [2.24, 2.45) is 0 Å². The zero-order chi connectivity index (χ0) is 11.3. The van der Waals surface area contributed by atoms with Gasteiger partial charge in [0.05, 0.1) is 6.54 Å². The molecule has 1 rings (SSSR count). The molecule has 0 aliphatic rings. The van der Waals surface area contributed by atoms with Crippen molar-refractivity contribution in [3.8, 4) is 0 Å². The van der Waals surface area contributed by atoms with Gasteiger partial charge in [-0.05, 0) is 5.56 Å². The Hall–Kier alpha value is -0.740. The van der Waals surface area contributed by atoms with Crippen molar-refractivity contribution in [3.63, 3.8) is 0 Å². The summed E-state index contributed by atoms with van der Waals surface area (Å²) in [6, 6.07) is 8.37. The van der Waals surface area contributed by atoms with Gasteiger partial charge in [0.25, 0.3) is 0 Å². The SMILES string of the molecule is FC(F)(F)CNC(CCl)c1ccccc1. The predicted octanol–water partition coefficient (Wildman–Crippen LogP) is 3.12. The van der Waals surface area contributed by atoms with Crippen LogP contribution >= 0.6 is 11.6 Å². The summed E-state index contributed by atoms with van der Waals surface area (Å²) in [7, 11) is 0. The van der Waals surface area contributed by atoms with E-state index in [1.54, 1.807) is 30.3 Å². The Morgan fingerprint density at radius 1 is 1.20 bits per heavy atom. The van der Waals surface area contributed by atoms with E-state index in [-0.39, 0.29) is 5.88 Å². The largest absolute Gasteiger partial charge is 0.401 e. The first kappa shape index (κ1) is 12.3. The van der Waals surface area contributed by atoms with Crippen LogP contribution < -0.4 is 5.32 Å². The van der Waals surface area contributed by atoms with Crippen molar-refractivity contribution >= 4 is 11.6 Å². The highest BCUT2D eigenvalue weighted by Crippen LogP contribution is 2.18. The van der Waals surface area contributed by atoms with Crippen molar-refractivity contribution in [2.45, 2.75) is 12.2 Å². The summed E-state index contributed by atoms with van der Waals surface area (Å²) in [5, 5.41) is 2.37. The number of benzene rings is 1. The molecule has 1 atom stereocenters. The van der Waals surface area contributed by atoms with Gasteiger partial charge >= 0.3 is 6.18 Å². The highest BCUT2D eigenvalue weighted by Gasteiger charge is 2.28. The molecule has 1 aromatic carbocycles. The molecule has 1 nitrogen and oxygen atoms in total. The molecule has 0 saturated heterocycles. The van der Waals surface area contributed by atoms with E-state index in [9.17, 15) is 13.2 Å². The minimum atomic E-state index is -4.21. The van der Waals surface area contributed by atoms with Crippen LogP contribution in [0.3, 0.4) is 0 Å². The van der Waals surface area contributed by atoms with E-state index in [2.05, 4.69) is 5.32 Å². The fourth-order valence-corrected chi connectivity index (χ4v) is 1.47. The van der Waals surface area contributed by atoms with E-state index in [1.165, 1.54) is 0 Å². The van der Waals surface area contributed by atoms with Crippen LogP contribution in [0, 0.1) is 0 Å². The first-order valence-corrected chi connectivity index (χ1v) is 4.97. The summed E-state index contributed by atoms with van der Waals surface area (Å²) in [5.74, 6) is 0.111. The second-order valence-electron chi connectivity index (χ2n) is 3.11. The van der Waals surface area contributed by atoms with Crippen molar-refractivity contribution in [3.05, 3.63) is 35.9 Å². The smallest absolute Gasteiger partial charge is 0.301 e. The summed E-state index contributed by atoms with van der Waals surface area (Å²) in [6.45, 7) is -1.03. The van der Waals surface area contributed by atoms with Crippen LogP contribution in [0.4, 0.5) is 13.2 Å². The van der Waals surface area contributed by atoms with Gasteiger partial charge in [0.1, 0.15) is 0 Å². The molecule has 84 valence electrons. The Morgan fingerprint density at radius 2 is 1.80 bits per heavy atom. The first-order chi connectivity index (χ1) is 7.03. The molecule has 0 saturated carbocycles. The van der Waals surface area contributed by atoms with Crippen molar-refractivity contribution in [1.29, 1.82) is 0 Å². The fraction of sp³-hybridized carbons (Fsp3) is 0.400. The predicted molar refractivity (Wildman–Crippen MR) is 54.0 cm³/mol. The molecule has 0 heterocycles. The van der Waals surface area contributed by atoms with E-state index < -0.39 is 18.8 Å². The molecule has 0 bridgehead atoms. The number of nitrogens with one attached hydrogen (secondary N) is 1. The van der Waals surface area contributed by atoms with Crippen molar-refractivity contribution in [1.82, 2.24) is 5.32 Å². The van der Waals surface area contributed by atoms with Crippen LogP contribution in [0.15, 0.2) is 30.3 Å². The molecule has 0 aliphatic carbocycles. The molecule has 0 amide bonds. The third-order valence-corrected chi connectivity index (χ3v) is 2.21. The average molecular weight is 238 g/mol. The monoisotopic (exact) mass is 237 g/mol. The lowest BCUT2D eigenvalue weighted by atomic mass is 10.1. The number of hydrogen-bond acceptors (Lipinski definition) is 1. The third kappa shape index (κ3) is 4.53. The molecule has 1 aromatic rings. The van der Waals surface area contributed by atoms with E-state index in [4.69, 9.17) is 11.6 Å². The molecule has 1 N–H and O–H groups in total. The highest BCUT2D eigenvalue weighted by molar-refractivity contribution is 6.18. The number of hydrogen-bond donors (Lipinski definition) is 1. The number of halogens is 4. The molecule has 0 aromatic heterocycles. The average Bonchev–Trinajstić information content (AvgIpc) is 2.19. The Morgan fingerprint density at radius 3 is 2.27 bits per heavy atom. The maximum absolute atomic E-state index is 12.0. The van der Waals surface area contributed by atoms with Gasteiger partial charge in [0.15, 0.2) is 0 Å². The van der Waals surface area contributed by atoms with Gasteiger partial charge < -0.3 is 5.32 Å². The van der Waals surface area contributed by atoms with Gasteiger partial charge in [0, 0.05) is 11.9 Å². The zero-order valence-corrected chi connectivity index (χ0v) is 8.65. The minimum absolute atomic E-state index is 0.111. The number of alkyl halides is 4. The molecular weight excluding hydrogens is 227 g/mol. The molecule has 0 fully saturated rings. The first-order valence-electron chi connectivity index (χ1n) is 4.44. The molecule has 15 heavy (non-hydrogen) atoms. The van der Waals surface area contributed by atoms with Crippen molar-refractivity contribution in [2.75, 3.05) is 12.4 Å². The van der Waals surface area contributed by atoms with Crippen LogP contribution in [-0.4, -0.2) is 18.6 Å². The Balaban J connectivity index is 2.58. The summed E-state index contributed by atoms with van der Waals surface area (Å²) in [4.78, 5) is 0. The maximum Gasteiger partial charge on any atom is 0.401 e. The summed E-state index contributed by atoms with van der Waals surface area (Å²) >= 11 is 5.60. The highest BCUT2D eigenvalue weighted by atomic mass is 35.5. The summed E-state index contributed by atoms with van der Waals surface area (Å²) in [6.07, 6.45) is -4.21. The van der Waals surface area contributed by atoms with E-state index in [1.807, 2.05) is 0 Å². The lowest BCUT2D eigenvalue weighted by Gasteiger charge is -2.17. The van der Waals surface area contributed by atoms with Crippen LogP contribution in [0.1, 0.15) is 11.6 Å². The lowest BCUT2D eigenvalue weighted by Crippen LogP contribution is -2.32. The fourth-order valence-electron chi connectivity index (χ4n) is 1.19. The van der Waals surface area contributed by atoms with Gasteiger partial charge in [-0.3, -0.25) is 0 Å². The van der Waals surface area contributed by atoms with Crippen LogP contribution in [0.25, 0.3) is 0 Å². The topological polar surface area (TPSA) is 12.0 Å².